The van der Waals surface area contributed by atoms with E-state index in [1.165, 1.54) is 12.1 Å². The number of hydrogen-bond acceptors (Lipinski definition) is 2. The van der Waals surface area contributed by atoms with Crippen molar-refractivity contribution in [1.29, 1.82) is 0 Å². The maximum Gasteiger partial charge on any atom is 0.124 e. The molecule has 2 rings (SSSR count). The van der Waals surface area contributed by atoms with Crippen molar-refractivity contribution in [3.8, 4) is 5.75 Å². The number of methoxy groups -OCH3 is 1. The zero-order chi connectivity index (χ0) is 10.2. The predicted molar refractivity (Wildman–Crippen MR) is 52.7 cm³/mol. The van der Waals surface area contributed by atoms with Gasteiger partial charge in [-0.05, 0) is 37.5 Å². The Hall–Kier alpha value is -1.09. The first-order valence-corrected chi connectivity index (χ1v) is 4.79. The molecule has 0 radical (unpaired) electrons. The fourth-order valence-corrected chi connectivity index (χ4v) is 1.90. The third kappa shape index (κ3) is 1.38. The Morgan fingerprint density at radius 3 is 2.64 bits per heavy atom. The zero-order valence-electron chi connectivity index (χ0n) is 8.22. The molecule has 0 aliphatic heterocycles. The molecule has 0 heterocycles. The quantitative estimate of drug-likeness (QED) is 0.785. The molecule has 1 aliphatic rings. The molecule has 0 saturated heterocycles. The lowest BCUT2D eigenvalue weighted by Gasteiger charge is -2.39. The van der Waals surface area contributed by atoms with Gasteiger partial charge in [-0.3, -0.25) is 0 Å². The molecule has 0 bridgehead atoms. The summed E-state index contributed by atoms with van der Waals surface area (Å²) in [6.45, 7) is 0. The lowest BCUT2D eigenvalue weighted by Crippen LogP contribution is -2.43. The van der Waals surface area contributed by atoms with Crippen LogP contribution in [0.5, 0.6) is 5.75 Å². The van der Waals surface area contributed by atoms with Crippen LogP contribution in [-0.2, 0) is 5.54 Å². The fraction of sp³-hybridized carbons (Fsp3) is 0.455. The highest BCUT2D eigenvalue weighted by Gasteiger charge is 2.36. The van der Waals surface area contributed by atoms with Crippen molar-refractivity contribution in [1.82, 2.24) is 0 Å². The van der Waals surface area contributed by atoms with Crippen molar-refractivity contribution in [3.05, 3.63) is 29.6 Å². The van der Waals surface area contributed by atoms with Gasteiger partial charge < -0.3 is 10.5 Å². The molecule has 3 heteroatoms. The van der Waals surface area contributed by atoms with Crippen LogP contribution in [0.4, 0.5) is 4.39 Å². The van der Waals surface area contributed by atoms with E-state index in [9.17, 15) is 4.39 Å². The second kappa shape index (κ2) is 3.24. The van der Waals surface area contributed by atoms with Gasteiger partial charge in [0.25, 0.3) is 0 Å². The largest absolute Gasteiger partial charge is 0.496 e. The van der Waals surface area contributed by atoms with E-state index in [2.05, 4.69) is 0 Å². The summed E-state index contributed by atoms with van der Waals surface area (Å²) >= 11 is 0. The molecule has 1 saturated carbocycles. The Balaban J connectivity index is 2.43. The Morgan fingerprint density at radius 2 is 2.14 bits per heavy atom. The van der Waals surface area contributed by atoms with Crippen molar-refractivity contribution in [2.45, 2.75) is 24.8 Å². The lowest BCUT2D eigenvalue weighted by atomic mass is 9.72. The molecule has 0 spiro atoms. The first-order valence-electron chi connectivity index (χ1n) is 4.79. The van der Waals surface area contributed by atoms with Crippen LogP contribution in [0.2, 0.25) is 0 Å². The SMILES string of the molecule is COc1ccc(F)cc1C1(N)CCC1. The summed E-state index contributed by atoms with van der Waals surface area (Å²) in [6.07, 6.45) is 2.93. The minimum absolute atomic E-state index is 0.252. The predicted octanol–water partition coefficient (Wildman–Crippen LogP) is 2.17. The minimum atomic E-state index is -0.368. The lowest BCUT2D eigenvalue weighted by molar-refractivity contribution is 0.243. The molecule has 0 aromatic heterocycles. The molecule has 2 nitrogen and oxygen atoms in total. The molecular formula is C11H14FNO. The Kier molecular flexibility index (Phi) is 2.19. The normalized spacial score (nSPS) is 18.8. The van der Waals surface area contributed by atoms with Crippen molar-refractivity contribution in [2.75, 3.05) is 7.11 Å². The van der Waals surface area contributed by atoms with Crippen LogP contribution in [0.25, 0.3) is 0 Å². The smallest absolute Gasteiger partial charge is 0.124 e. The third-order valence-corrected chi connectivity index (χ3v) is 2.94. The number of halogens is 1. The van der Waals surface area contributed by atoms with E-state index in [0.29, 0.717) is 5.75 Å². The summed E-state index contributed by atoms with van der Waals surface area (Å²) in [7, 11) is 1.58. The Morgan fingerprint density at radius 1 is 1.43 bits per heavy atom. The third-order valence-electron chi connectivity index (χ3n) is 2.94. The number of nitrogens with two attached hydrogens (primary N) is 1. The van der Waals surface area contributed by atoms with Crippen LogP contribution in [0.3, 0.4) is 0 Å². The summed E-state index contributed by atoms with van der Waals surface area (Å²) in [5, 5.41) is 0. The average Bonchev–Trinajstić information content (AvgIpc) is 2.14. The maximum atomic E-state index is 13.1. The van der Waals surface area contributed by atoms with Crippen LogP contribution in [0.1, 0.15) is 24.8 Å². The van der Waals surface area contributed by atoms with E-state index in [4.69, 9.17) is 10.5 Å². The number of ether oxygens (including phenoxy) is 1. The van der Waals surface area contributed by atoms with Gasteiger partial charge in [0.2, 0.25) is 0 Å². The second-order valence-electron chi connectivity index (χ2n) is 3.85. The topological polar surface area (TPSA) is 35.2 Å². The van der Waals surface area contributed by atoms with Gasteiger partial charge in [-0.1, -0.05) is 0 Å². The van der Waals surface area contributed by atoms with E-state index in [1.54, 1.807) is 13.2 Å². The van der Waals surface area contributed by atoms with Crippen LogP contribution in [0, 0.1) is 5.82 Å². The summed E-state index contributed by atoms with van der Waals surface area (Å²) in [5.41, 5.74) is 6.55. The summed E-state index contributed by atoms with van der Waals surface area (Å²) < 4.78 is 18.2. The highest BCUT2D eigenvalue weighted by Crippen LogP contribution is 2.42. The van der Waals surface area contributed by atoms with Gasteiger partial charge in [-0.15, -0.1) is 0 Å². The highest BCUT2D eigenvalue weighted by molar-refractivity contribution is 5.40. The molecule has 14 heavy (non-hydrogen) atoms. The molecule has 1 fully saturated rings. The van der Waals surface area contributed by atoms with Crippen LogP contribution >= 0.6 is 0 Å². The van der Waals surface area contributed by atoms with Crippen molar-refractivity contribution >= 4 is 0 Å². The van der Waals surface area contributed by atoms with Crippen molar-refractivity contribution in [2.24, 2.45) is 5.73 Å². The molecule has 1 aromatic rings. The van der Waals surface area contributed by atoms with E-state index in [0.717, 1.165) is 24.8 Å². The first-order chi connectivity index (χ1) is 6.65. The zero-order valence-corrected chi connectivity index (χ0v) is 8.22. The number of benzene rings is 1. The molecule has 1 aliphatic carbocycles. The first kappa shape index (κ1) is 9.46. The summed E-state index contributed by atoms with van der Waals surface area (Å²) in [4.78, 5) is 0. The van der Waals surface area contributed by atoms with Crippen LogP contribution in [-0.4, -0.2) is 7.11 Å². The highest BCUT2D eigenvalue weighted by atomic mass is 19.1. The minimum Gasteiger partial charge on any atom is -0.496 e. The van der Waals surface area contributed by atoms with E-state index < -0.39 is 0 Å². The Bertz CT molecular complexity index is 347. The molecule has 0 atom stereocenters. The fourth-order valence-electron chi connectivity index (χ4n) is 1.90. The Labute approximate surface area is 82.9 Å². The van der Waals surface area contributed by atoms with E-state index in [-0.39, 0.29) is 11.4 Å². The van der Waals surface area contributed by atoms with Gasteiger partial charge in [-0.2, -0.15) is 0 Å². The molecule has 0 amide bonds. The van der Waals surface area contributed by atoms with E-state index in [1.807, 2.05) is 0 Å². The maximum absolute atomic E-state index is 13.1. The number of hydrogen-bond donors (Lipinski definition) is 1. The van der Waals surface area contributed by atoms with E-state index >= 15 is 0 Å². The van der Waals surface area contributed by atoms with Gasteiger partial charge in [0.05, 0.1) is 7.11 Å². The molecule has 2 N–H and O–H groups in total. The van der Waals surface area contributed by atoms with Gasteiger partial charge in [0.1, 0.15) is 11.6 Å². The van der Waals surface area contributed by atoms with Crippen molar-refractivity contribution < 1.29 is 9.13 Å². The summed E-state index contributed by atoms with van der Waals surface area (Å²) in [5.74, 6) is 0.436. The average molecular weight is 195 g/mol. The monoisotopic (exact) mass is 195 g/mol. The van der Waals surface area contributed by atoms with Crippen LogP contribution in [0.15, 0.2) is 18.2 Å². The van der Waals surface area contributed by atoms with Gasteiger partial charge in [0.15, 0.2) is 0 Å². The standard InChI is InChI=1S/C11H14FNO/c1-14-10-4-3-8(12)7-9(10)11(13)5-2-6-11/h3-4,7H,2,5-6,13H2,1H3. The van der Waals surface area contributed by atoms with Gasteiger partial charge in [0, 0.05) is 11.1 Å². The molecule has 1 aromatic carbocycles. The molecular weight excluding hydrogens is 181 g/mol. The number of rotatable bonds is 2. The second-order valence-corrected chi connectivity index (χ2v) is 3.85. The molecule has 0 unspecified atom stereocenters. The summed E-state index contributed by atoms with van der Waals surface area (Å²) in [6, 6.07) is 4.51. The van der Waals surface area contributed by atoms with Crippen LogP contribution < -0.4 is 10.5 Å². The van der Waals surface area contributed by atoms with Crippen molar-refractivity contribution in [3.63, 3.8) is 0 Å². The molecule has 76 valence electrons. The van der Waals surface area contributed by atoms with Gasteiger partial charge in [-0.25, -0.2) is 4.39 Å². The van der Waals surface area contributed by atoms with Gasteiger partial charge >= 0.3 is 0 Å².